The van der Waals surface area contributed by atoms with Crippen molar-refractivity contribution in [3.8, 4) is 0 Å². The average Bonchev–Trinajstić information content (AvgIpc) is 3.28. The van der Waals surface area contributed by atoms with Crippen LogP contribution in [0.25, 0.3) is 10.2 Å². The molecule has 0 saturated heterocycles. The average molecular weight is 382 g/mol. The fourth-order valence-electron chi connectivity index (χ4n) is 2.89. The van der Waals surface area contributed by atoms with Gasteiger partial charge in [-0.3, -0.25) is 9.79 Å². The molecule has 0 radical (unpaired) electrons. The van der Waals surface area contributed by atoms with E-state index in [-0.39, 0.29) is 11.8 Å². The molecule has 4 nitrogen and oxygen atoms in total. The van der Waals surface area contributed by atoms with E-state index in [1.165, 1.54) is 11.3 Å². The van der Waals surface area contributed by atoms with Crippen molar-refractivity contribution < 1.29 is 4.79 Å². The number of aliphatic imine (C=N–C) groups is 1. The predicted molar refractivity (Wildman–Crippen MR) is 112 cm³/mol. The van der Waals surface area contributed by atoms with Crippen LogP contribution in [0.15, 0.2) is 53.5 Å². The lowest BCUT2D eigenvalue weighted by molar-refractivity contribution is -0.117. The molecule has 0 N–H and O–H groups in total. The largest absolute Gasteiger partial charge is 0.370 e. The number of nitrogens with zero attached hydrogens (tertiary/aromatic N) is 3. The molecule has 132 valence electrons. The second-order valence-corrected chi connectivity index (χ2v) is 8.42. The van der Waals surface area contributed by atoms with Gasteiger partial charge in [0, 0.05) is 25.0 Å². The van der Waals surface area contributed by atoms with E-state index in [0.29, 0.717) is 0 Å². The molecule has 1 aliphatic rings. The van der Waals surface area contributed by atoms with Gasteiger partial charge in [0.05, 0.1) is 10.2 Å². The van der Waals surface area contributed by atoms with Crippen LogP contribution in [0.5, 0.6) is 0 Å². The van der Waals surface area contributed by atoms with Crippen LogP contribution < -0.4 is 4.90 Å². The standard InChI is InChI=1S/C20H19N3OS2/c1-13(24)17-12-25-19(22-17)20-21-16-9-8-15(10-18(16)26-20)23(2)11-14-6-4-3-5-7-14/h3-10,17H,11-12H2,1-2H3. The van der Waals surface area contributed by atoms with Crippen molar-refractivity contribution in [3.05, 3.63) is 59.1 Å². The minimum atomic E-state index is -0.213. The minimum absolute atomic E-state index is 0.124. The fraction of sp³-hybridized carbons (Fsp3) is 0.250. The Hall–Kier alpha value is -2.18. The van der Waals surface area contributed by atoms with Crippen LogP contribution in [0, 0.1) is 0 Å². The summed E-state index contributed by atoms with van der Waals surface area (Å²) in [6, 6.07) is 16.6. The Morgan fingerprint density at radius 2 is 2.04 bits per heavy atom. The summed E-state index contributed by atoms with van der Waals surface area (Å²) in [5.74, 6) is 0.851. The summed E-state index contributed by atoms with van der Waals surface area (Å²) in [6.07, 6.45) is 0. The van der Waals surface area contributed by atoms with E-state index in [2.05, 4.69) is 59.4 Å². The monoisotopic (exact) mass is 381 g/mol. The summed E-state index contributed by atoms with van der Waals surface area (Å²) in [5, 5.41) is 1.81. The SMILES string of the molecule is CC(=O)C1CSC(c2nc3ccc(N(C)Cc4ccccc4)cc3s2)=N1. The molecule has 4 rings (SSSR count). The van der Waals surface area contributed by atoms with Gasteiger partial charge in [0.1, 0.15) is 16.1 Å². The van der Waals surface area contributed by atoms with Crippen molar-refractivity contribution in [1.29, 1.82) is 0 Å². The zero-order chi connectivity index (χ0) is 18.1. The highest BCUT2D eigenvalue weighted by Crippen LogP contribution is 2.32. The van der Waals surface area contributed by atoms with Gasteiger partial charge in [-0.05, 0) is 30.7 Å². The first kappa shape index (κ1) is 17.2. The van der Waals surface area contributed by atoms with E-state index in [4.69, 9.17) is 4.98 Å². The highest BCUT2D eigenvalue weighted by atomic mass is 32.2. The molecule has 1 aliphatic heterocycles. The van der Waals surface area contributed by atoms with Crippen molar-refractivity contribution in [2.24, 2.45) is 4.99 Å². The molecule has 1 atom stereocenters. The van der Waals surface area contributed by atoms with Crippen LogP contribution in [0.4, 0.5) is 5.69 Å². The van der Waals surface area contributed by atoms with E-state index < -0.39 is 0 Å². The molecule has 0 spiro atoms. The first-order valence-corrected chi connectivity index (χ1v) is 10.3. The van der Waals surface area contributed by atoms with E-state index in [9.17, 15) is 4.79 Å². The summed E-state index contributed by atoms with van der Waals surface area (Å²) < 4.78 is 1.15. The third kappa shape index (κ3) is 3.52. The van der Waals surface area contributed by atoms with E-state index in [1.54, 1.807) is 30.0 Å². The quantitative estimate of drug-likeness (QED) is 0.658. The lowest BCUT2D eigenvalue weighted by Crippen LogP contribution is -2.15. The maximum Gasteiger partial charge on any atom is 0.155 e. The number of hydrogen-bond acceptors (Lipinski definition) is 6. The second kappa shape index (κ2) is 7.21. The zero-order valence-corrected chi connectivity index (χ0v) is 16.3. The van der Waals surface area contributed by atoms with E-state index in [0.717, 1.165) is 32.6 Å². The number of thioether (sulfide) groups is 1. The number of carbonyl (C=O) groups is 1. The molecular formula is C20H19N3OS2. The maximum absolute atomic E-state index is 11.5. The van der Waals surface area contributed by atoms with Gasteiger partial charge in [0.25, 0.3) is 0 Å². The van der Waals surface area contributed by atoms with Gasteiger partial charge in [-0.25, -0.2) is 4.98 Å². The lowest BCUT2D eigenvalue weighted by Gasteiger charge is -2.19. The number of carbonyl (C=O) groups excluding carboxylic acids is 1. The minimum Gasteiger partial charge on any atom is -0.370 e. The van der Waals surface area contributed by atoms with E-state index in [1.807, 2.05) is 6.07 Å². The molecule has 6 heteroatoms. The molecule has 3 aromatic rings. The van der Waals surface area contributed by atoms with Gasteiger partial charge in [0.2, 0.25) is 0 Å². The van der Waals surface area contributed by atoms with Gasteiger partial charge >= 0.3 is 0 Å². The Morgan fingerprint density at radius 3 is 2.77 bits per heavy atom. The highest BCUT2D eigenvalue weighted by molar-refractivity contribution is 8.15. The molecule has 0 fully saturated rings. The van der Waals surface area contributed by atoms with Crippen LogP contribution in [0.1, 0.15) is 17.5 Å². The number of thiazole rings is 1. The molecule has 2 aromatic carbocycles. The van der Waals surface area contributed by atoms with Crippen LogP contribution in [-0.4, -0.2) is 34.7 Å². The number of ketones is 1. The van der Waals surface area contributed by atoms with Crippen LogP contribution in [0.2, 0.25) is 0 Å². The van der Waals surface area contributed by atoms with E-state index >= 15 is 0 Å². The predicted octanol–water partition coefficient (Wildman–Crippen LogP) is 4.38. The molecule has 0 amide bonds. The van der Waals surface area contributed by atoms with Crippen LogP contribution >= 0.6 is 23.1 Å². The Kier molecular flexibility index (Phi) is 4.78. The summed E-state index contributed by atoms with van der Waals surface area (Å²) in [6.45, 7) is 2.46. The summed E-state index contributed by atoms with van der Waals surface area (Å²) in [4.78, 5) is 23.0. The van der Waals surface area contributed by atoms with Crippen molar-refractivity contribution in [3.63, 3.8) is 0 Å². The Balaban J connectivity index is 1.58. The lowest BCUT2D eigenvalue weighted by atomic mass is 10.2. The van der Waals surface area contributed by atoms with Crippen LogP contribution in [-0.2, 0) is 11.3 Å². The van der Waals surface area contributed by atoms with Gasteiger partial charge < -0.3 is 4.90 Å². The molecule has 26 heavy (non-hydrogen) atoms. The zero-order valence-electron chi connectivity index (χ0n) is 14.7. The molecule has 1 aromatic heterocycles. The third-order valence-corrected chi connectivity index (χ3v) is 6.59. The van der Waals surface area contributed by atoms with Crippen LogP contribution in [0.3, 0.4) is 0 Å². The first-order chi connectivity index (χ1) is 12.6. The summed E-state index contributed by atoms with van der Waals surface area (Å²) in [5.41, 5.74) is 3.43. The number of Topliss-reactive ketones (excluding diaryl/α,β-unsaturated/α-hetero) is 1. The second-order valence-electron chi connectivity index (χ2n) is 6.38. The van der Waals surface area contributed by atoms with Gasteiger partial charge in [-0.1, -0.05) is 30.3 Å². The molecule has 0 aliphatic carbocycles. The number of anilines is 1. The maximum atomic E-state index is 11.5. The molecular weight excluding hydrogens is 362 g/mol. The Labute approximate surface area is 161 Å². The first-order valence-electron chi connectivity index (χ1n) is 8.47. The fourth-order valence-corrected chi connectivity index (χ4v) is 5.08. The Bertz CT molecular complexity index is 981. The topological polar surface area (TPSA) is 45.6 Å². The molecule has 0 saturated carbocycles. The number of aromatic nitrogens is 1. The van der Waals surface area contributed by atoms with Crippen molar-refractivity contribution >= 4 is 49.8 Å². The van der Waals surface area contributed by atoms with Gasteiger partial charge in [0.15, 0.2) is 5.78 Å². The Morgan fingerprint density at radius 1 is 1.23 bits per heavy atom. The number of benzene rings is 2. The number of hydrogen-bond donors (Lipinski definition) is 0. The summed E-state index contributed by atoms with van der Waals surface area (Å²) in [7, 11) is 2.10. The highest BCUT2D eigenvalue weighted by Gasteiger charge is 2.24. The van der Waals surface area contributed by atoms with Gasteiger partial charge in [-0.2, -0.15) is 0 Å². The van der Waals surface area contributed by atoms with Crippen molar-refractivity contribution in [2.75, 3.05) is 17.7 Å². The summed E-state index contributed by atoms with van der Waals surface area (Å²) >= 11 is 3.27. The number of fused-ring (bicyclic) bond motifs is 1. The molecule has 2 heterocycles. The molecule has 0 bridgehead atoms. The number of rotatable bonds is 5. The molecule has 1 unspecified atom stereocenters. The van der Waals surface area contributed by atoms with Crippen molar-refractivity contribution in [2.45, 2.75) is 19.5 Å². The smallest absolute Gasteiger partial charge is 0.155 e. The van der Waals surface area contributed by atoms with Crippen molar-refractivity contribution in [1.82, 2.24) is 4.98 Å². The normalized spacial score (nSPS) is 16.7. The van der Waals surface area contributed by atoms with Gasteiger partial charge in [-0.15, -0.1) is 23.1 Å². The third-order valence-electron chi connectivity index (χ3n) is 4.38.